The molecule has 1 aromatic heterocycles. The van der Waals surface area contributed by atoms with Crippen molar-refractivity contribution in [2.24, 2.45) is 0 Å². The van der Waals surface area contributed by atoms with Crippen LogP contribution in [0.15, 0.2) is 65.8 Å². The maximum Gasteiger partial charge on any atom is 0.233 e. The van der Waals surface area contributed by atoms with Gasteiger partial charge in [-0.2, -0.15) is 0 Å². The maximum absolute atomic E-state index is 12.3. The summed E-state index contributed by atoms with van der Waals surface area (Å²) >= 11 is 1.41. The first-order chi connectivity index (χ1) is 12.6. The Labute approximate surface area is 157 Å². The minimum atomic E-state index is -0.271. The molecule has 0 aliphatic carbocycles. The lowest BCUT2D eigenvalue weighted by Gasteiger charge is -2.15. The summed E-state index contributed by atoms with van der Waals surface area (Å²) in [5, 5.41) is 12.1. The Morgan fingerprint density at radius 3 is 2.19 bits per heavy atom. The number of thioether (sulfide) groups is 1. The van der Waals surface area contributed by atoms with Crippen LogP contribution in [0.2, 0.25) is 0 Å². The largest absolute Gasteiger partial charge is 0.353 e. The lowest BCUT2D eigenvalue weighted by molar-refractivity contribution is -0.120. The molecular formula is C20H22N4OS. The number of hydrogen-bond donors (Lipinski definition) is 1. The molecule has 5 nitrogen and oxygen atoms in total. The van der Waals surface area contributed by atoms with Crippen molar-refractivity contribution in [3.8, 4) is 17.1 Å². The van der Waals surface area contributed by atoms with Gasteiger partial charge in [0, 0.05) is 17.3 Å². The van der Waals surface area contributed by atoms with Crippen molar-refractivity contribution in [2.75, 3.05) is 0 Å². The first-order valence-corrected chi connectivity index (χ1v) is 9.47. The van der Waals surface area contributed by atoms with E-state index in [1.54, 1.807) is 0 Å². The normalized spacial score (nSPS) is 12.2. The quantitative estimate of drug-likeness (QED) is 0.671. The third-order valence-electron chi connectivity index (χ3n) is 3.76. The standard InChI is InChI=1S/C20H22N4OS/c1-14(2)21-19(25)15(3)26-20-23-22-18(16-10-6-4-7-11-16)24(20)17-12-8-5-9-13-17/h4-15H,1-3H3,(H,21,25)/t15-/m1/s1. The van der Waals surface area contributed by atoms with E-state index in [1.807, 2.05) is 86.0 Å². The lowest BCUT2D eigenvalue weighted by Crippen LogP contribution is -2.36. The monoisotopic (exact) mass is 366 g/mol. The molecule has 0 saturated heterocycles. The zero-order valence-electron chi connectivity index (χ0n) is 15.1. The first kappa shape index (κ1) is 18.2. The topological polar surface area (TPSA) is 59.8 Å². The number of rotatable bonds is 6. The number of carbonyl (C=O) groups is 1. The van der Waals surface area contributed by atoms with Gasteiger partial charge in [-0.25, -0.2) is 0 Å². The van der Waals surface area contributed by atoms with Gasteiger partial charge >= 0.3 is 0 Å². The molecule has 0 radical (unpaired) electrons. The van der Waals surface area contributed by atoms with Crippen molar-refractivity contribution in [1.29, 1.82) is 0 Å². The summed E-state index contributed by atoms with van der Waals surface area (Å²) in [6.07, 6.45) is 0. The van der Waals surface area contributed by atoms with Crippen LogP contribution in [0.5, 0.6) is 0 Å². The van der Waals surface area contributed by atoms with Crippen LogP contribution < -0.4 is 5.32 Å². The number of nitrogens with zero attached hydrogens (tertiary/aromatic N) is 3. The molecule has 0 saturated carbocycles. The van der Waals surface area contributed by atoms with Crippen molar-refractivity contribution in [3.05, 3.63) is 60.7 Å². The van der Waals surface area contributed by atoms with E-state index in [4.69, 9.17) is 0 Å². The fourth-order valence-electron chi connectivity index (χ4n) is 2.54. The zero-order valence-corrected chi connectivity index (χ0v) is 15.9. The Hall–Kier alpha value is -2.60. The molecule has 3 aromatic rings. The van der Waals surface area contributed by atoms with E-state index in [0.29, 0.717) is 5.16 Å². The van der Waals surface area contributed by atoms with Crippen LogP contribution in [0.25, 0.3) is 17.1 Å². The van der Waals surface area contributed by atoms with E-state index >= 15 is 0 Å². The maximum atomic E-state index is 12.3. The SMILES string of the molecule is CC(C)NC(=O)[C@@H](C)Sc1nnc(-c2ccccc2)n1-c1ccccc1. The van der Waals surface area contributed by atoms with E-state index in [-0.39, 0.29) is 17.2 Å². The van der Waals surface area contributed by atoms with Crippen LogP contribution in [0.3, 0.4) is 0 Å². The molecule has 0 bridgehead atoms. The predicted molar refractivity (Wildman–Crippen MR) is 105 cm³/mol. The molecule has 134 valence electrons. The van der Waals surface area contributed by atoms with E-state index in [2.05, 4.69) is 15.5 Å². The van der Waals surface area contributed by atoms with Gasteiger partial charge in [0.15, 0.2) is 11.0 Å². The van der Waals surface area contributed by atoms with Crippen LogP contribution in [-0.2, 0) is 4.79 Å². The molecule has 0 aliphatic rings. The Bertz CT molecular complexity index is 862. The molecular weight excluding hydrogens is 344 g/mol. The second-order valence-corrected chi connectivity index (χ2v) is 7.57. The van der Waals surface area contributed by atoms with Gasteiger partial charge in [0.25, 0.3) is 0 Å². The molecule has 6 heteroatoms. The number of aromatic nitrogens is 3. The van der Waals surface area contributed by atoms with Crippen LogP contribution in [-0.4, -0.2) is 32.0 Å². The van der Waals surface area contributed by atoms with Gasteiger partial charge in [0.1, 0.15) is 0 Å². The van der Waals surface area contributed by atoms with Crippen LogP contribution in [0.4, 0.5) is 0 Å². The fraction of sp³-hybridized carbons (Fsp3) is 0.250. The zero-order chi connectivity index (χ0) is 18.5. The summed E-state index contributed by atoms with van der Waals surface area (Å²) in [6, 6.07) is 20.0. The third-order valence-corrected chi connectivity index (χ3v) is 4.80. The third kappa shape index (κ3) is 4.14. The average molecular weight is 366 g/mol. The fourth-order valence-corrected chi connectivity index (χ4v) is 3.42. The van der Waals surface area contributed by atoms with Gasteiger partial charge in [0.05, 0.1) is 5.25 Å². The summed E-state index contributed by atoms with van der Waals surface area (Å²) in [6.45, 7) is 5.79. The average Bonchev–Trinajstić information content (AvgIpc) is 3.06. The molecule has 3 rings (SSSR count). The highest BCUT2D eigenvalue weighted by molar-refractivity contribution is 8.00. The molecule has 0 unspecified atom stereocenters. The van der Waals surface area contributed by atoms with Gasteiger partial charge in [-0.3, -0.25) is 9.36 Å². The molecule has 1 atom stereocenters. The van der Waals surface area contributed by atoms with Crippen LogP contribution in [0.1, 0.15) is 20.8 Å². The Kier molecular flexibility index (Phi) is 5.73. The summed E-state index contributed by atoms with van der Waals surface area (Å²) in [4.78, 5) is 12.3. The summed E-state index contributed by atoms with van der Waals surface area (Å²) in [7, 11) is 0. The van der Waals surface area contributed by atoms with Gasteiger partial charge in [-0.15, -0.1) is 10.2 Å². The van der Waals surface area contributed by atoms with Crippen molar-refractivity contribution >= 4 is 17.7 Å². The van der Waals surface area contributed by atoms with Crippen molar-refractivity contribution in [1.82, 2.24) is 20.1 Å². The number of amides is 1. The summed E-state index contributed by atoms with van der Waals surface area (Å²) in [5.74, 6) is 0.754. The van der Waals surface area contributed by atoms with Crippen molar-refractivity contribution < 1.29 is 4.79 Å². The van der Waals surface area contributed by atoms with Gasteiger partial charge in [0.2, 0.25) is 5.91 Å². The van der Waals surface area contributed by atoms with Gasteiger partial charge < -0.3 is 5.32 Å². The van der Waals surface area contributed by atoms with Crippen LogP contribution in [0, 0.1) is 0 Å². The summed E-state index contributed by atoms with van der Waals surface area (Å²) in [5.41, 5.74) is 1.95. The highest BCUT2D eigenvalue weighted by Gasteiger charge is 2.22. The Morgan fingerprint density at radius 1 is 0.962 bits per heavy atom. The van der Waals surface area contributed by atoms with Gasteiger partial charge in [-0.1, -0.05) is 60.3 Å². The number of benzene rings is 2. The van der Waals surface area contributed by atoms with E-state index < -0.39 is 0 Å². The first-order valence-electron chi connectivity index (χ1n) is 8.59. The number of nitrogens with one attached hydrogen (secondary N) is 1. The number of hydrogen-bond acceptors (Lipinski definition) is 4. The minimum Gasteiger partial charge on any atom is -0.353 e. The number of para-hydroxylation sites is 1. The van der Waals surface area contributed by atoms with Gasteiger partial charge in [-0.05, 0) is 32.9 Å². The van der Waals surface area contributed by atoms with Crippen molar-refractivity contribution in [2.45, 2.75) is 37.2 Å². The van der Waals surface area contributed by atoms with E-state index in [1.165, 1.54) is 11.8 Å². The highest BCUT2D eigenvalue weighted by atomic mass is 32.2. The number of carbonyl (C=O) groups excluding carboxylic acids is 1. The molecule has 26 heavy (non-hydrogen) atoms. The molecule has 0 aliphatic heterocycles. The molecule has 1 heterocycles. The van der Waals surface area contributed by atoms with Crippen molar-refractivity contribution in [3.63, 3.8) is 0 Å². The predicted octanol–water partition coefficient (Wildman–Crippen LogP) is 3.94. The van der Waals surface area contributed by atoms with Crippen LogP contribution >= 0.6 is 11.8 Å². The molecule has 0 spiro atoms. The van der Waals surface area contributed by atoms with E-state index in [0.717, 1.165) is 17.1 Å². The highest BCUT2D eigenvalue weighted by Crippen LogP contribution is 2.30. The second kappa shape index (κ2) is 8.19. The Balaban J connectivity index is 1.98. The minimum absolute atomic E-state index is 0.00567. The summed E-state index contributed by atoms with van der Waals surface area (Å²) < 4.78 is 2.00. The Morgan fingerprint density at radius 2 is 1.58 bits per heavy atom. The van der Waals surface area contributed by atoms with E-state index in [9.17, 15) is 4.79 Å². The lowest BCUT2D eigenvalue weighted by atomic mass is 10.2. The molecule has 2 aromatic carbocycles. The molecule has 0 fully saturated rings. The second-order valence-electron chi connectivity index (χ2n) is 6.27. The smallest absolute Gasteiger partial charge is 0.233 e. The molecule has 1 amide bonds. The molecule has 1 N–H and O–H groups in total.